The fraction of sp³-hybridized carbons (Fsp3) is 0.455. The van der Waals surface area contributed by atoms with Gasteiger partial charge in [0.25, 0.3) is 0 Å². The van der Waals surface area contributed by atoms with E-state index in [-0.39, 0.29) is 12.5 Å². The van der Waals surface area contributed by atoms with Crippen molar-refractivity contribution >= 4 is 5.69 Å². The Morgan fingerprint density at radius 3 is 3.15 bits per heavy atom. The second-order valence-electron chi connectivity index (χ2n) is 3.68. The van der Waals surface area contributed by atoms with Gasteiger partial charge < -0.3 is 10.4 Å². The minimum atomic E-state index is 0.221. The van der Waals surface area contributed by atoms with Crippen LogP contribution >= 0.6 is 0 Å². The van der Waals surface area contributed by atoms with Gasteiger partial charge in [-0.15, -0.1) is 0 Å². The quantitative estimate of drug-likeness (QED) is 0.721. The van der Waals surface area contributed by atoms with Gasteiger partial charge in [-0.3, -0.25) is 0 Å². The number of aliphatic hydroxyl groups excluding tert-OH is 1. The van der Waals surface area contributed by atoms with Crippen LogP contribution in [0.5, 0.6) is 0 Å². The van der Waals surface area contributed by atoms with Gasteiger partial charge in [0.1, 0.15) is 0 Å². The molecule has 1 unspecified atom stereocenters. The van der Waals surface area contributed by atoms with Crippen molar-refractivity contribution in [2.24, 2.45) is 0 Å². The van der Waals surface area contributed by atoms with Crippen molar-refractivity contribution in [3.05, 3.63) is 29.3 Å². The number of rotatable bonds is 2. The van der Waals surface area contributed by atoms with E-state index in [9.17, 15) is 0 Å². The third-order valence-corrected chi connectivity index (χ3v) is 2.69. The average Bonchev–Trinajstić information content (AvgIpc) is 2.63. The molecule has 0 amide bonds. The maximum atomic E-state index is 9.02. The molecule has 2 rings (SSSR count). The molecule has 13 heavy (non-hydrogen) atoms. The molecular weight excluding hydrogens is 162 g/mol. The molecule has 0 aliphatic carbocycles. The van der Waals surface area contributed by atoms with E-state index in [0.717, 1.165) is 13.0 Å². The topological polar surface area (TPSA) is 32.3 Å². The van der Waals surface area contributed by atoms with Gasteiger partial charge in [0.2, 0.25) is 0 Å². The highest BCUT2D eigenvalue weighted by molar-refractivity contribution is 5.57. The summed E-state index contributed by atoms with van der Waals surface area (Å²) in [6.07, 6.45) is 1.13. The van der Waals surface area contributed by atoms with Crippen LogP contribution in [0.3, 0.4) is 0 Å². The van der Waals surface area contributed by atoms with E-state index in [1.807, 2.05) is 6.92 Å². The zero-order valence-electron chi connectivity index (χ0n) is 7.88. The maximum Gasteiger partial charge on any atom is 0.0497 e. The number of nitrogens with one attached hydrogen (secondary N) is 1. The summed E-state index contributed by atoms with van der Waals surface area (Å²) in [6.45, 7) is 3.31. The van der Waals surface area contributed by atoms with Crippen molar-refractivity contribution in [3.8, 4) is 0 Å². The Labute approximate surface area is 78.6 Å². The van der Waals surface area contributed by atoms with Gasteiger partial charge >= 0.3 is 0 Å². The van der Waals surface area contributed by atoms with Crippen LogP contribution in [-0.2, 0) is 6.42 Å². The molecule has 2 heteroatoms. The van der Waals surface area contributed by atoms with Gasteiger partial charge in [-0.2, -0.15) is 0 Å². The van der Waals surface area contributed by atoms with Gasteiger partial charge in [-0.25, -0.2) is 0 Å². The number of hydrogen-bond donors (Lipinski definition) is 2. The second kappa shape index (κ2) is 3.38. The monoisotopic (exact) mass is 177 g/mol. The molecular formula is C11H15NO. The summed E-state index contributed by atoms with van der Waals surface area (Å²) in [7, 11) is 0. The fourth-order valence-electron chi connectivity index (χ4n) is 1.72. The Balaban J connectivity index is 2.30. The van der Waals surface area contributed by atoms with Crippen molar-refractivity contribution < 1.29 is 5.11 Å². The molecule has 0 radical (unpaired) electrons. The number of hydrogen-bond acceptors (Lipinski definition) is 2. The van der Waals surface area contributed by atoms with Gasteiger partial charge in [0.05, 0.1) is 0 Å². The molecule has 1 aromatic rings. The fourth-order valence-corrected chi connectivity index (χ4v) is 1.72. The lowest BCUT2D eigenvalue weighted by molar-refractivity contribution is 0.273. The molecule has 1 atom stereocenters. The van der Waals surface area contributed by atoms with Crippen LogP contribution in [0.4, 0.5) is 5.69 Å². The Morgan fingerprint density at radius 1 is 1.54 bits per heavy atom. The highest BCUT2D eigenvalue weighted by atomic mass is 16.3. The third-order valence-electron chi connectivity index (χ3n) is 2.69. The Hall–Kier alpha value is -1.02. The van der Waals surface area contributed by atoms with Gasteiger partial charge in [-0.1, -0.05) is 19.1 Å². The first-order chi connectivity index (χ1) is 6.31. The molecule has 0 fully saturated rings. The minimum absolute atomic E-state index is 0.221. The molecule has 2 nitrogen and oxygen atoms in total. The predicted octanol–water partition coefficient (Wildman–Crippen LogP) is 1.75. The average molecular weight is 177 g/mol. The van der Waals surface area contributed by atoms with Gasteiger partial charge in [0, 0.05) is 24.8 Å². The van der Waals surface area contributed by atoms with E-state index < -0.39 is 0 Å². The first kappa shape index (κ1) is 8.57. The SMILES string of the molecule is CC(CO)c1ccc2c(c1)NCC2. The number of fused-ring (bicyclic) bond motifs is 1. The zero-order valence-corrected chi connectivity index (χ0v) is 7.88. The molecule has 1 aromatic carbocycles. The number of anilines is 1. The summed E-state index contributed by atoms with van der Waals surface area (Å²) >= 11 is 0. The van der Waals surface area contributed by atoms with Crippen molar-refractivity contribution in [1.29, 1.82) is 0 Å². The Kier molecular flexibility index (Phi) is 2.23. The van der Waals surface area contributed by atoms with Crippen molar-refractivity contribution in [1.82, 2.24) is 0 Å². The van der Waals surface area contributed by atoms with Crippen LogP contribution in [0.25, 0.3) is 0 Å². The summed E-state index contributed by atoms with van der Waals surface area (Å²) in [6, 6.07) is 6.44. The van der Waals surface area contributed by atoms with E-state index in [1.54, 1.807) is 0 Å². The molecule has 0 spiro atoms. The number of aliphatic hydroxyl groups is 1. The predicted molar refractivity (Wildman–Crippen MR) is 54.1 cm³/mol. The molecule has 70 valence electrons. The summed E-state index contributed by atoms with van der Waals surface area (Å²) < 4.78 is 0. The van der Waals surface area contributed by atoms with E-state index >= 15 is 0 Å². The van der Waals surface area contributed by atoms with Crippen molar-refractivity contribution in [2.45, 2.75) is 19.3 Å². The van der Waals surface area contributed by atoms with Crippen LogP contribution in [0.15, 0.2) is 18.2 Å². The lowest BCUT2D eigenvalue weighted by Gasteiger charge is -2.09. The molecule has 0 bridgehead atoms. The van der Waals surface area contributed by atoms with Crippen molar-refractivity contribution in [2.75, 3.05) is 18.5 Å². The van der Waals surface area contributed by atoms with E-state index in [1.165, 1.54) is 16.8 Å². The summed E-state index contributed by atoms with van der Waals surface area (Å²) in [5, 5.41) is 12.4. The lowest BCUT2D eigenvalue weighted by Crippen LogP contribution is -1.99. The van der Waals surface area contributed by atoms with E-state index in [4.69, 9.17) is 5.11 Å². The largest absolute Gasteiger partial charge is 0.396 e. The van der Waals surface area contributed by atoms with Crippen LogP contribution in [0.2, 0.25) is 0 Å². The molecule has 1 aliphatic rings. The second-order valence-corrected chi connectivity index (χ2v) is 3.68. The smallest absolute Gasteiger partial charge is 0.0497 e. The summed E-state index contributed by atoms with van der Waals surface area (Å²) in [4.78, 5) is 0. The first-order valence-corrected chi connectivity index (χ1v) is 4.79. The highest BCUT2D eigenvalue weighted by Gasteiger charge is 2.11. The van der Waals surface area contributed by atoms with Crippen LogP contribution in [0, 0.1) is 0 Å². The van der Waals surface area contributed by atoms with E-state index in [0.29, 0.717) is 0 Å². The molecule has 2 N–H and O–H groups in total. The van der Waals surface area contributed by atoms with E-state index in [2.05, 4.69) is 23.5 Å². The highest BCUT2D eigenvalue weighted by Crippen LogP contribution is 2.26. The normalized spacial score (nSPS) is 16.5. The lowest BCUT2D eigenvalue weighted by atomic mass is 9.99. The first-order valence-electron chi connectivity index (χ1n) is 4.79. The Bertz CT molecular complexity index is 309. The number of benzene rings is 1. The minimum Gasteiger partial charge on any atom is -0.396 e. The molecule has 1 aliphatic heterocycles. The van der Waals surface area contributed by atoms with Crippen LogP contribution in [0.1, 0.15) is 24.0 Å². The van der Waals surface area contributed by atoms with Crippen LogP contribution < -0.4 is 5.32 Å². The van der Waals surface area contributed by atoms with Crippen molar-refractivity contribution in [3.63, 3.8) is 0 Å². The van der Waals surface area contributed by atoms with Gasteiger partial charge in [0.15, 0.2) is 0 Å². The van der Waals surface area contributed by atoms with Gasteiger partial charge in [-0.05, 0) is 23.6 Å². The Morgan fingerprint density at radius 2 is 2.38 bits per heavy atom. The molecule has 0 saturated carbocycles. The third kappa shape index (κ3) is 1.54. The standard InChI is InChI=1S/C11H15NO/c1-8(7-13)10-3-2-9-4-5-12-11(9)6-10/h2-3,6,8,12-13H,4-5,7H2,1H3. The maximum absolute atomic E-state index is 9.02. The molecule has 1 heterocycles. The summed E-state index contributed by atoms with van der Waals surface area (Å²) in [5.41, 5.74) is 3.86. The molecule has 0 aromatic heterocycles. The molecule has 0 saturated heterocycles. The van der Waals surface area contributed by atoms with Crippen LogP contribution in [-0.4, -0.2) is 18.3 Å². The summed E-state index contributed by atoms with van der Waals surface area (Å²) in [5.74, 6) is 0.243. The zero-order chi connectivity index (χ0) is 9.26.